The maximum Gasteiger partial charge on any atom is 0.352 e. The lowest BCUT2D eigenvalue weighted by atomic mass is 10.0. The molecule has 2 aromatic rings. The van der Waals surface area contributed by atoms with E-state index in [1.807, 2.05) is 13.0 Å². The predicted octanol–water partition coefficient (Wildman–Crippen LogP) is 3.14. The molecule has 0 aliphatic carbocycles. The van der Waals surface area contributed by atoms with Crippen molar-refractivity contribution >= 4 is 23.5 Å². The van der Waals surface area contributed by atoms with E-state index < -0.39 is 36.4 Å². The first-order valence-electron chi connectivity index (χ1n) is 10.7. The van der Waals surface area contributed by atoms with E-state index in [2.05, 4.69) is 5.32 Å². The van der Waals surface area contributed by atoms with Gasteiger partial charge in [-0.15, -0.1) is 0 Å². The Balaban J connectivity index is 1.64. The first kappa shape index (κ1) is 24.8. The molecule has 4 atom stereocenters. The molecule has 4 unspecified atom stereocenters. The van der Waals surface area contributed by atoms with E-state index in [1.54, 1.807) is 50.2 Å². The molecule has 1 aliphatic rings. The molecule has 33 heavy (non-hydrogen) atoms. The highest BCUT2D eigenvalue weighted by atomic mass is 35.5. The molecule has 1 heterocycles. The number of ether oxygens (including phenoxy) is 3. The fourth-order valence-corrected chi connectivity index (χ4v) is 3.69. The van der Waals surface area contributed by atoms with E-state index in [9.17, 15) is 19.8 Å². The van der Waals surface area contributed by atoms with Gasteiger partial charge in [0.15, 0.2) is 11.5 Å². The topological polar surface area (TPSA) is 114 Å². The molecule has 8 nitrogen and oxygen atoms in total. The Morgan fingerprint density at radius 2 is 1.82 bits per heavy atom. The predicted molar refractivity (Wildman–Crippen MR) is 122 cm³/mol. The summed E-state index contributed by atoms with van der Waals surface area (Å²) in [6, 6.07) is 12.2. The third-order valence-electron chi connectivity index (χ3n) is 5.05. The van der Waals surface area contributed by atoms with Crippen LogP contribution in [0.1, 0.15) is 38.0 Å². The lowest BCUT2D eigenvalue weighted by molar-refractivity contribution is -0.171. The number of benzene rings is 2. The Morgan fingerprint density at radius 3 is 2.48 bits per heavy atom. The van der Waals surface area contributed by atoms with Gasteiger partial charge in [0.05, 0.1) is 12.2 Å². The summed E-state index contributed by atoms with van der Waals surface area (Å²) in [5.41, 5.74) is 1.62. The van der Waals surface area contributed by atoms with Gasteiger partial charge >= 0.3 is 11.9 Å². The number of fused-ring (bicyclic) bond motifs is 1. The lowest BCUT2D eigenvalue weighted by Gasteiger charge is -2.31. The summed E-state index contributed by atoms with van der Waals surface area (Å²) in [6.45, 7) is 5.66. The van der Waals surface area contributed by atoms with Crippen molar-refractivity contribution in [2.24, 2.45) is 0 Å². The first-order chi connectivity index (χ1) is 15.6. The van der Waals surface area contributed by atoms with Crippen LogP contribution >= 0.6 is 11.6 Å². The van der Waals surface area contributed by atoms with Crippen molar-refractivity contribution in [3.05, 3.63) is 58.6 Å². The van der Waals surface area contributed by atoms with Gasteiger partial charge in [-0.1, -0.05) is 29.8 Å². The van der Waals surface area contributed by atoms with E-state index in [-0.39, 0.29) is 17.5 Å². The Morgan fingerprint density at radius 1 is 1.09 bits per heavy atom. The van der Waals surface area contributed by atoms with Gasteiger partial charge in [0, 0.05) is 17.6 Å². The van der Waals surface area contributed by atoms with Crippen LogP contribution in [-0.4, -0.2) is 53.1 Å². The number of hydrogen-bond acceptors (Lipinski definition) is 7. The summed E-state index contributed by atoms with van der Waals surface area (Å²) in [6.07, 6.45) is -3.42. The Hall–Kier alpha value is -2.81. The van der Waals surface area contributed by atoms with Crippen molar-refractivity contribution in [1.29, 1.82) is 0 Å². The molecule has 0 saturated heterocycles. The van der Waals surface area contributed by atoms with Gasteiger partial charge in [-0.2, -0.15) is 0 Å². The van der Waals surface area contributed by atoms with Crippen LogP contribution in [0.4, 0.5) is 0 Å². The molecule has 0 amide bonds. The van der Waals surface area contributed by atoms with Crippen molar-refractivity contribution in [2.75, 3.05) is 6.54 Å². The van der Waals surface area contributed by atoms with Crippen LogP contribution in [0.25, 0.3) is 0 Å². The van der Waals surface area contributed by atoms with Crippen molar-refractivity contribution in [2.45, 2.75) is 57.6 Å². The number of nitrogens with one attached hydrogen (secondary N) is 1. The lowest BCUT2D eigenvalue weighted by Crippen LogP contribution is -2.50. The molecule has 0 radical (unpaired) electrons. The highest BCUT2D eigenvalue weighted by molar-refractivity contribution is 6.30. The summed E-state index contributed by atoms with van der Waals surface area (Å²) in [5.74, 6) is -1.58. The van der Waals surface area contributed by atoms with Crippen LogP contribution in [0.3, 0.4) is 0 Å². The largest absolute Gasteiger partial charge is 0.478 e. The summed E-state index contributed by atoms with van der Waals surface area (Å²) >= 11 is 5.98. The average Bonchev–Trinajstić information content (AvgIpc) is 2.76. The second kappa shape index (κ2) is 10.9. The highest BCUT2D eigenvalue weighted by Crippen LogP contribution is 2.35. The fourth-order valence-electron chi connectivity index (χ4n) is 3.49. The zero-order chi connectivity index (χ0) is 24.1. The van der Waals surface area contributed by atoms with E-state index in [0.717, 1.165) is 11.1 Å². The SMILES string of the molecule is CC(Cc1ccc2c(c1)OC(C(=O)OC(C)C)C(C(=O)O)O2)NCC(O)c1cccc(Cl)c1. The molecule has 0 aromatic heterocycles. The summed E-state index contributed by atoms with van der Waals surface area (Å²) < 4.78 is 16.4. The van der Waals surface area contributed by atoms with Crippen LogP contribution in [0.15, 0.2) is 42.5 Å². The van der Waals surface area contributed by atoms with Crippen molar-refractivity contribution in [3.8, 4) is 11.5 Å². The molecular weight excluding hydrogens is 450 g/mol. The van der Waals surface area contributed by atoms with Gasteiger partial charge in [-0.05, 0) is 62.6 Å². The number of hydrogen-bond donors (Lipinski definition) is 3. The third kappa shape index (κ3) is 6.60. The highest BCUT2D eigenvalue weighted by Gasteiger charge is 2.43. The number of carboxylic acids is 1. The van der Waals surface area contributed by atoms with E-state index in [4.69, 9.17) is 25.8 Å². The molecule has 0 fully saturated rings. The summed E-state index contributed by atoms with van der Waals surface area (Å²) in [7, 11) is 0. The van der Waals surface area contributed by atoms with Crippen molar-refractivity contribution in [3.63, 3.8) is 0 Å². The zero-order valence-corrected chi connectivity index (χ0v) is 19.4. The molecule has 3 rings (SSSR count). The number of rotatable bonds is 9. The van der Waals surface area contributed by atoms with Crippen LogP contribution in [0.5, 0.6) is 11.5 Å². The molecule has 0 bridgehead atoms. The van der Waals surface area contributed by atoms with Crippen LogP contribution in [0, 0.1) is 0 Å². The molecule has 3 N–H and O–H groups in total. The number of aliphatic hydroxyl groups is 1. The molecule has 0 spiro atoms. The fraction of sp³-hybridized carbons (Fsp3) is 0.417. The molecular formula is C24H28ClNO7. The zero-order valence-electron chi connectivity index (χ0n) is 18.7. The second-order valence-corrected chi connectivity index (χ2v) is 8.70. The normalized spacial score (nSPS) is 19.1. The maximum absolute atomic E-state index is 12.4. The Kier molecular flexibility index (Phi) is 8.18. The quantitative estimate of drug-likeness (QED) is 0.472. The van der Waals surface area contributed by atoms with Gasteiger partial charge in [-0.3, -0.25) is 0 Å². The van der Waals surface area contributed by atoms with Gasteiger partial charge in [0.1, 0.15) is 0 Å². The van der Waals surface area contributed by atoms with E-state index in [1.165, 1.54) is 0 Å². The van der Waals surface area contributed by atoms with Gasteiger partial charge in [0.2, 0.25) is 12.2 Å². The van der Waals surface area contributed by atoms with Crippen LogP contribution < -0.4 is 14.8 Å². The van der Waals surface area contributed by atoms with Gasteiger partial charge in [-0.25, -0.2) is 9.59 Å². The second-order valence-electron chi connectivity index (χ2n) is 8.27. The number of carbonyl (C=O) groups excluding carboxylic acids is 1. The number of aliphatic hydroxyl groups excluding tert-OH is 1. The molecule has 178 valence electrons. The summed E-state index contributed by atoms with van der Waals surface area (Å²) in [4.78, 5) is 23.9. The molecule has 1 aliphatic heterocycles. The van der Waals surface area contributed by atoms with Crippen LogP contribution in [0.2, 0.25) is 5.02 Å². The minimum atomic E-state index is -1.50. The number of carboxylic acid groups (broad SMARTS) is 1. The summed E-state index contributed by atoms with van der Waals surface area (Å²) in [5, 5.41) is 23.7. The Bertz CT molecular complexity index is 997. The number of carbonyl (C=O) groups is 2. The minimum absolute atomic E-state index is 0.00913. The van der Waals surface area contributed by atoms with Gasteiger partial charge < -0.3 is 29.7 Å². The monoisotopic (exact) mass is 477 g/mol. The van der Waals surface area contributed by atoms with Crippen molar-refractivity contribution in [1.82, 2.24) is 5.32 Å². The number of aliphatic carboxylic acids is 1. The molecule has 0 saturated carbocycles. The minimum Gasteiger partial charge on any atom is -0.478 e. The maximum atomic E-state index is 12.4. The van der Waals surface area contributed by atoms with Crippen LogP contribution in [-0.2, 0) is 20.7 Å². The van der Waals surface area contributed by atoms with Gasteiger partial charge in [0.25, 0.3) is 0 Å². The third-order valence-corrected chi connectivity index (χ3v) is 5.29. The first-order valence-corrected chi connectivity index (χ1v) is 11.1. The number of esters is 1. The smallest absolute Gasteiger partial charge is 0.352 e. The van der Waals surface area contributed by atoms with E-state index >= 15 is 0 Å². The molecule has 9 heteroatoms. The number of halogens is 1. The average molecular weight is 478 g/mol. The van der Waals surface area contributed by atoms with Crippen molar-refractivity contribution < 1.29 is 34.0 Å². The molecule has 2 aromatic carbocycles. The standard InChI is InChI=1S/C24H28ClNO7/c1-13(2)31-24(30)22-21(23(28)29)32-19-8-7-15(10-20(19)33-22)9-14(3)26-12-18(27)16-5-4-6-17(25)11-16/h4-8,10-11,13-14,18,21-22,26-27H,9,12H2,1-3H3,(H,28,29). The Labute approximate surface area is 197 Å². The van der Waals surface area contributed by atoms with E-state index in [0.29, 0.717) is 18.0 Å².